The van der Waals surface area contributed by atoms with Crippen LogP contribution in [-0.4, -0.2) is 62.4 Å². The minimum Gasteiger partial charge on any atom is -0.369 e. The second kappa shape index (κ2) is 9.23. The summed E-state index contributed by atoms with van der Waals surface area (Å²) in [5, 5.41) is 3.75. The van der Waals surface area contributed by atoms with Gasteiger partial charge in [0.2, 0.25) is 5.95 Å². The Morgan fingerprint density at radius 3 is 2.61 bits per heavy atom. The fourth-order valence-electron chi connectivity index (χ4n) is 5.08. The molecule has 6 rings (SSSR count). The third-order valence-corrected chi connectivity index (χ3v) is 7.10. The average Bonchev–Trinajstić information content (AvgIpc) is 3.47. The van der Waals surface area contributed by atoms with Crippen molar-refractivity contribution in [1.82, 2.24) is 29.2 Å². The lowest BCUT2D eigenvalue weighted by Gasteiger charge is -2.34. The van der Waals surface area contributed by atoms with Crippen molar-refractivity contribution in [1.29, 1.82) is 0 Å². The summed E-state index contributed by atoms with van der Waals surface area (Å²) in [5.41, 5.74) is 4.85. The molecule has 0 saturated carbocycles. The van der Waals surface area contributed by atoms with E-state index in [0.29, 0.717) is 29.3 Å². The Hall–Kier alpha value is -3.98. The van der Waals surface area contributed by atoms with Gasteiger partial charge in [0, 0.05) is 49.4 Å². The number of nitrogens with zero attached hydrogens (tertiary/aromatic N) is 7. The zero-order valence-corrected chi connectivity index (χ0v) is 20.5. The Labute approximate surface area is 209 Å². The summed E-state index contributed by atoms with van der Waals surface area (Å²) in [5.74, 6) is 1.12. The number of hydrogen-bond acceptors (Lipinski definition) is 7. The number of fused-ring (bicyclic) bond motifs is 2. The molecular weight excluding hydrogens is 452 g/mol. The van der Waals surface area contributed by atoms with E-state index in [2.05, 4.69) is 51.9 Å². The molecule has 1 aromatic carbocycles. The Balaban J connectivity index is 1.33. The van der Waals surface area contributed by atoms with E-state index in [1.54, 1.807) is 21.6 Å². The van der Waals surface area contributed by atoms with Crippen LogP contribution in [0.15, 0.2) is 60.0 Å². The van der Waals surface area contributed by atoms with Crippen LogP contribution in [0.1, 0.15) is 17.7 Å². The molecule has 0 unspecified atom stereocenters. The molecule has 0 spiro atoms. The second-order valence-electron chi connectivity index (χ2n) is 9.51. The van der Waals surface area contributed by atoms with E-state index in [9.17, 15) is 4.79 Å². The lowest BCUT2D eigenvalue weighted by molar-refractivity contribution is 0.313. The van der Waals surface area contributed by atoms with Crippen molar-refractivity contribution in [2.75, 3.05) is 43.4 Å². The fraction of sp³-hybridized carbons (Fsp3) is 0.333. The maximum atomic E-state index is 13.2. The summed E-state index contributed by atoms with van der Waals surface area (Å²) in [4.78, 5) is 32.0. The van der Waals surface area contributed by atoms with Gasteiger partial charge < -0.3 is 15.1 Å². The third-order valence-electron chi connectivity index (χ3n) is 7.10. The number of likely N-dealkylation sites (N-methyl/N-ethyl adjacent to an activating group) is 1. The molecule has 4 aromatic rings. The number of hydrogen-bond donors (Lipinski definition) is 1. The number of aryl methyl sites for hydroxylation is 2. The lowest BCUT2D eigenvalue weighted by Crippen LogP contribution is -2.44. The van der Waals surface area contributed by atoms with Gasteiger partial charge in [-0.3, -0.25) is 4.79 Å². The molecule has 0 radical (unpaired) electrons. The number of rotatable bonds is 6. The van der Waals surface area contributed by atoms with E-state index in [-0.39, 0.29) is 5.56 Å². The number of pyridine rings is 1. The van der Waals surface area contributed by atoms with Gasteiger partial charge in [-0.15, -0.1) is 6.58 Å². The average molecular weight is 483 g/mol. The SMILES string of the molecule is C=CCn1c(=O)c2cnc(Nc3ccc(N4CCN(C)CC4)cc3)nc2n1-c1ccc2c(n1)CCC2. The number of nitrogens with one attached hydrogen (secondary N) is 1. The number of aromatic nitrogens is 5. The Kier molecular flexibility index (Phi) is 5.77. The molecule has 1 aliphatic heterocycles. The van der Waals surface area contributed by atoms with Crippen LogP contribution in [-0.2, 0) is 19.4 Å². The predicted molar refractivity (Wildman–Crippen MR) is 143 cm³/mol. The quantitative estimate of drug-likeness (QED) is 0.423. The number of anilines is 3. The molecule has 1 aliphatic carbocycles. The fourth-order valence-corrected chi connectivity index (χ4v) is 5.08. The highest BCUT2D eigenvalue weighted by atomic mass is 16.1. The monoisotopic (exact) mass is 482 g/mol. The topological polar surface area (TPSA) is 84.1 Å². The van der Waals surface area contributed by atoms with Crippen LogP contribution < -0.4 is 15.8 Å². The van der Waals surface area contributed by atoms with Crippen LogP contribution in [0.2, 0.25) is 0 Å². The third kappa shape index (κ3) is 4.05. The summed E-state index contributed by atoms with van der Waals surface area (Å²) in [7, 11) is 2.16. The molecule has 1 fully saturated rings. The largest absolute Gasteiger partial charge is 0.369 e. The zero-order valence-electron chi connectivity index (χ0n) is 20.5. The molecule has 184 valence electrons. The van der Waals surface area contributed by atoms with Gasteiger partial charge in [-0.05, 0) is 62.2 Å². The maximum Gasteiger partial charge on any atom is 0.278 e. The standard InChI is InChI=1S/C27H30N8O/c1-3-13-34-26(36)22-18-28-27(29-20-8-10-21(11-9-20)33-16-14-32(2)15-17-33)31-25(22)35(34)24-12-7-19-5-4-6-23(19)30-24/h3,7-12,18H,1,4-6,13-17H2,2H3,(H,28,29,31). The molecular formula is C27H30N8O. The first kappa shape index (κ1) is 22.5. The van der Waals surface area contributed by atoms with E-state index in [0.717, 1.165) is 56.8 Å². The molecule has 9 heteroatoms. The van der Waals surface area contributed by atoms with Gasteiger partial charge in [0.05, 0.1) is 6.54 Å². The maximum absolute atomic E-state index is 13.2. The van der Waals surface area contributed by atoms with Crippen LogP contribution in [0.3, 0.4) is 0 Å². The summed E-state index contributed by atoms with van der Waals surface area (Å²) in [6.45, 7) is 8.37. The first-order chi connectivity index (χ1) is 17.6. The van der Waals surface area contributed by atoms with Crippen LogP contribution in [0.25, 0.3) is 16.9 Å². The highest BCUT2D eigenvalue weighted by Gasteiger charge is 2.20. The summed E-state index contributed by atoms with van der Waals surface area (Å²) >= 11 is 0. The van der Waals surface area contributed by atoms with E-state index in [1.807, 2.05) is 18.2 Å². The van der Waals surface area contributed by atoms with Gasteiger partial charge in [-0.1, -0.05) is 12.1 Å². The van der Waals surface area contributed by atoms with Crippen molar-refractivity contribution in [3.05, 3.63) is 76.9 Å². The zero-order chi connectivity index (χ0) is 24.6. The highest BCUT2D eigenvalue weighted by molar-refractivity contribution is 5.77. The van der Waals surface area contributed by atoms with Crippen molar-refractivity contribution < 1.29 is 0 Å². The van der Waals surface area contributed by atoms with Gasteiger partial charge in [0.15, 0.2) is 11.5 Å². The van der Waals surface area contributed by atoms with Crippen molar-refractivity contribution in [2.45, 2.75) is 25.8 Å². The minimum absolute atomic E-state index is 0.157. The van der Waals surface area contributed by atoms with Gasteiger partial charge in [-0.25, -0.2) is 19.3 Å². The van der Waals surface area contributed by atoms with Crippen molar-refractivity contribution >= 4 is 28.4 Å². The van der Waals surface area contributed by atoms with E-state index < -0.39 is 0 Å². The van der Waals surface area contributed by atoms with Gasteiger partial charge in [-0.2, -0.15) is 4.98 Å². The van der Waals surface area contributed by atoms with Crippen molar-refractivity contribution in [2.24, 2.45) is 0 Å². The Morgan fingerprint density at radius 1 is 1.03 bits per heavy atom. The molecule has 0 amide bonds. The Morgan fingerprint density at radius 2 is 1.83 bits per heavy atom. The molecule has 4 heterocycles. The number of allylic oxidation sites excluding steroid dienone is 1. The summed E-state index contributed by atoms with van der Waals surface area (Å²) in [6, 6.07) is 12.4. The van der Waals surface area contributed by atoms with Gasteiger partial charge in [0.1, 0.15) is 5.39 Å². The van der Waals surface area contributed by atoms with Crippen LogP contribution in [0, 0.1) is 0 Å². The molecule has 2 aliphatic rings. The minimum atomic E-state index is -0.157. The molecule has 9 nitrogen and oxygen atoms in total. The molecule has 0 atom stereocenters. The van der Waals surface area contributed by atoms with Crippen molar-refractivity contribution in [3.63, 3.8) is 0 Å². The van der Waals surface area contributed by atoms with Crippen LogP contribution in [0.5, 0.6) is 0 Å². The first-order valence-electron chi connectivity index (χ1n) is 12.5. The van der Waals surface area contributed by atoms with Crippen molar-refractivity contribution in [3.8, 4) is 5.82 Å². The normalized spacial score (nSPS) is 15.9. The van der Waals surface area contributed by atoms with E-state index in [1.165, 1.54) is 11.3 Å². The molecule has 36 heavy (non-hydrogen) atoms. The summed E-state index contributed by atoms with van der Waals surface area (Å²) < 4.78 is 3.41. The van der Waals surface area contributed by atoms with E-state index in [4.69, 9.17) is 9.97 Å². The van der Waals surface area contributed by atoms with Gasteiger partial charge >= 0.3 is 0 Å². The van der Waals surface area contributed by atoms with Gasteiger partial charge in [0.25, 0.3) is 5.56 Å². The van der Waals surface area contributed by atoms with Crippen LogP contribution in [0.4, 0.5) is 17.3 Å². The van der Waals surface area contributed by atoms with E-state index >= 15 is 0 Å². The Bertz CT molecular complexity index is 1480. The molecule has 1 N–H and O–H groups in total. The smallest absolute Gasteiger partial charge is 0.278 e. The number of piperazine rings is 1. The summed E-state index contributed by atoms with van der Waals surface area (Å²) in [6.07, 6.45) is 6.42. The highest BCUT2D eigenvalue weighted by Crippen LogP contribution is 2.24. The lowest BCUT2D eigenvalue weighted by atomic mass is 10.2. The number of benzene rings is 1. The second-order valence-corrected chi connectivity index (χ2v) is 9.51. The molecule has 3 aromatic heterocycles. The molecule has 1 saturated heterocycles. The van der Waals surface area contributed by atoms with Crippen LogP contribution >= 0.6 is 0 Å². The predicted octanol–water partition coefficient (Wildman–Crippen LogP) is 3.15. The molecule has 0 bridgehead atoms. The first-order valence-corrected chi connectivity index (χ1v) is 12.5.